The summed E-state index contributed by atoms with van der Waals surface area (Å²) < 4.78 is 1.85. The van der Waals surface area contributed by atoms with Crippen LogP contribution in [0.4, 0.5) is 10.5 Å². The van der Waals surface area contributed by atoms with E-state index in [1.54, 1.807) is 11.9 Å². The van der Waals surface area contributed by atoms with Crippen LogP contribution in [0, 0.1) is 20.8 Å². The van der Waals surface area contributed by atoms with Crippen LogP contribution in [-0.2, 0) is 6.54 Å². The van der Waals surface area contributed by atoms with E-state index in [2.05, 4.69) is 23.4 Å². The normalized spacial score (nSPS) is 10.6. The number of para-hydroxylation sites is 1. The number of hydrogen-bond donors (Lipinski definition) is 1. The summed E-state index contributed by atoms with van der Waals surface area (Å²) in [6.07, 6.45) is 0. The third-order valence-corrected chi connectivity index (χ3v) is 4.54. The van der Waals surface area contributed by atoms with Crippen LogP contribution < -0.4 is 5.32 Å². The molecular formula is C21H24N4O. The molecule has 1 aromatic heterocycles. The van der Waals surface area contributed by atoms with Gasteiger partial charge in [-0.05, 0) is 44.0 Å². The summed E-state index contributed by atoms with van der Waals surface area (Å²) in [5, 5.41) is 7.59. The van der Waals surface area contributed by atoms with E-state index < -0.39 is 0 Å². The summed E-state index contributed by atoms with van der Waals surface area (Å²) in [6.45, 7) is 6.48. The lowest BCUT2D eigenvalue weighted by Crippen LogP contribution is -2.31. The van der Waals surface area contributed by atoms with E-state index in [1.165, 1.54) is 5.56 Å². The van der Waals surface area contributed by atoms with Crippen LogP contribution >= 0.6 is 0 Å². The predicted octanol–water partition coefficient (Wildman–Crippen LogP) is 4.46. The molecule has 0 unspecified atom stereocenters. The molecule has 0 bridgehead atoms. The molecule has 26 heavy (non-hydrogen) atoms. The molecule has 0 fully saturated rings. The fourth-order valence-corrected chi connectivity index (χ4v) is 2.96. The topological polar surface area (TPSA) is 50.2 Å². The van der Waals surface area contributed by atoms with Crippen LogP contribution in [0.25, 0.3) is 5.69 Å². The molecule has 0 atom stereocenters. The molecule has 1 heterocycles. The summed E-state index contributed by atoms with van der Waals surface area (Å²) in [7, 11) is 1.80. The Morgan fingerprint density at radius 2 is 1.69 bits per heavy atom. The molecule has 0 aliphatic rings. The van der Waals surface area contributed by atoms with Crippen molar-refractivity contribution in [2.45, 2.75) is 27.3 Å². The monoisotopic (exact) mass is 348 g/mol. The summed E-state index contributed by atoms with van der Waals surface area (Å²) in [4.78, 5) is 14.3. The number of carbonyl (C=O) groups excluding carboxylic acids is 1. The van der Waals surface area contributed by atoms with Crippen molar-refractivity contribution in [1.82, 2.24) is 14.7 Å². The molecule has 5 nitrogen and oxygen atoms in total. The number of rotatable bonds is 4. The lowest BCUT2D eigenvalue weighted by Gasteiger charge is -2.19. The van der Waals surface area contributed by atoms with Crippen LogP contribution in [0.3, 0.4) is 0 Å². The maximum atomic E-state index is 12.7. The van der Waals surface area contributed by atoms with Gasteiger partial charge >= 0.3 is 6.03 Å². The second-order valence-corrected chi connectivity index (χ2v) is 6.51. The smallest absolute Gasteiger partial charge is 0.321 e. The standard InChI is InChI=1S/C21H24N4O/c1-15-10-8-9-11-18(15)14-24(4)21(26)22-20-16(2)23-25(17(20)3)19-12-6-5-7-13-19/h5-13H,14H2,1-4H3,(H,22,26). The van der Waals surface area contributed by atoms with E-state index in [9.17, 15) is 4.79 Å². The van der Waals surface area contributed by atoms with E-state index in [-0.39, 0.29) is 6.03 Å². The van der Waals surface area contributed by atoms with Crippen LogP contribution in [0.2, 0.25) is 0 Å². The number of urea groups is 1. The fraction of sp³-hybridized carbons (Fsp3) is 0.238. The van der Waals surface area contributed by atoms with Gasteiger partial charge in [0.05, 0.1) is 22.8 Å². The number of hydrogen-bond acceptors (Lipinski definition) is 2. The number of aromatic nitrogens is 2. The Kier molecular flexibility index (Phi) is 5.07. The van der Waals surface area contributed by atoms with E-state index in [1.807, 2.05) is 67.1 Å². The Bertz CT molecular complexity index is 915. The van der Waals surface area contributed by atoms with Crippen molar-refractivity contribution in [3.8, 4) is 5.69 Å². The van der Waals surface area contributed by atoms with E-state index in [4.69, 9.17) is 0 Å². The van der Waals surface area contributed by atoms with Crippen molar-refractivity contribution in [3.63, 3.8) is 0 Å². The summed E-state index contributed by atoms with van der Waals surface area (Å²) >= 11 is 0. The van der Waals surface area contributed by atoms with Gasteiger partial charge in [-0.15, -0.1) is 0 Å². The zero-order chi connectivity index (χ0) is 18.7. The highest BCUT2D eigenvalue weighted by Crippen LogP contribution is 2.23. The molecule has 0 saturated heterocycles. The maximum Gasteiger partial charge on any atom is 0.321 e. The van der Waals surface area contributed by atoms with Gasteiger partial charge in [-0.2, -0.15) is 5.10 Å². The molecule has 0 saturated carbocycles. The Morgan fingerprint density at radius 1 is 1.04 bits per heavy atom. The average Bonchev–Trinajstić information content (AvgIpc) is 2.92. The third kappa shape index (κ3) is 3.61. The molecule has 3 aromatic rings. The van der Waals surface area contributed by atoms with Gasteiger partial charge in [0.15, 0.2) is 0 Å². The highest BCUT2D eigenvalue weighted by atomic mass is 16.2. The first-order chi connectivity index (χ1) is 12.5. The van der Waals surface area contributed by atoms with E-state index >= 15 is 0 Å². The minimum absolute atomic E-state index is 0.146. The molecule has 2 amide bonds. The number of amides is 2. The third-order valence-electron chi connectivity index (χ3n) is 4.54. The van der Waals surface area contributed by atoms with Crippen LogP contribution in [0.15, 0.2) is 54.6 Å². The lowest BCUT2D eigenvalue weighted by atomic mass is 10.1. The first-order valence-electron chi connectivity index (χ1n) is 8.65. The zero-order valence-electron chi connectivity index (χ0n) is 15.7. The molecule has 0 spiro atoms. The molecule has 5 heteroatoms. The molecule has 1 N–H and O–H groups in total. The van der Waals surface area contributed by atoms with Gasteiger partial charge in [-0.1, -0.05) is 42.5 Å². The Morgan fingerprint density at radius 3 is 2.38 bits per heavy atom. The number of aryl methyl sites for hydroxylation is 2. The van der Waals surface area contributed by atoms with E-state index in [0.29, 0.717) is 6.54 Å². The first-order valence-corrected chi connectivity index (χ1v) is 8.65. The Balaban J connectivity index is 1.77. The summed E-state index contributed by atoms with van der Waals surface area (Å²) in [5.74, 6) is 0. The van der Waals surface area contributed by atoms with Gasteiger partial charge < -0.3 is 10.2 Å². The largest absolute Gasteiger partial charge is 0.323 e. The zero-order valence-corrected chi connectivity index (χ0v) is 15.7. The van der Waals surface area contributed by atoms with Crippen molar-refractivity contribution >= 4 is 11.7 Å². The highest BCUT2D eigenvalue weighted by Gasteiger charge is 2.17. The van der Waals surface area contributed by atoms with Crippen LogP contribution in [0.5, 0.6) is 0 Å². The molecule has 0 aliphatic heterocycles. The predicted molar refractivity (Wildman–Crippen MR) is 105 cm³/mol. The Labute approximate surface area is 154 Å². The fourth-order valence-electron chi connectivity index (χ4n) is 2.96. The van der Waals surface area contributed by atoms with E-state index in [0.717, 1.165) is 28.3 Å². The highest BCUT2D eigenvalue weighted by molar-refractivity contribution is 5.90. The van der Waals surface area contributed by atoms with Gasteiger partial charge in [0, 0.05) is 13.6 Å². The second kappa shape index (κ2) is 7.44. The molecule has 3 rings (SSSR count). The van der Waals surface area contributed by atoms with Crippen molar-refractivity contribution in [3.05, 3.63) is 77.1 Å². The van der Waals surface area contributed by atoms with Gasteiger partial charge in [-0.3, -0.25) is 0 Å². The van der Waals surface area contributed by atoms with Crippen LogP contribution in [-0.4, -0.2) is 27.8 Å². The van der Waals surface area contributed by atoms with Gasteiger partial charge in [0.1, 0.15) is 0 Å². The number of benzene rings is 2. The average molecular weight is 348 g/mol. The Hall–Kier alpha value is -3.08. The number of nitrogens with zero attached hydrogens (tertiary/aromatic N) is 3. The molecular weight excluding hydrogens is 324 g/mol. The van der Waals surface area contributed by atoms with Gasteiger partial charge in [0.2, 0.25) is 0 Å². The number of nitrogens with one attached hydrogen (secondary N) is 1. The van der Waals surface area contributed by atoms with Crippen molar-refractivity contribution in [2.75, 3.05) is 12.4 Å². The number of carbonyl (C=O) groups is 1. The summed E-state index contributed by atoms with van der Waals surface area (Å²) in [5.41, 5.74) is 5.75. The molecule has 0 radical (unpaired) electrons. The minimum Gasteiger partial charge on any atom is -0.323 e. The van der Waals surface area contributed by atoms with Crippen LogP contribution in [0.1, 0.15) is 22.5 Å². The lowest BCUT2D eigenvalue weighted by molar-refractivity contribution is 0.220. The SMILES string of the molecule is Cc1ccccc1CN(C)C(=O)Nc1c(C)nn(-c2ccccc2)c1C. The molecule has 134 valence electrons. The maximum absolute atomic E-state index is 12.7. The van der Waals surface area contributed by atoms with Gasteiger partial charge in [0.25, 0.3) is 0 Å². The quantitative estimate of drug-likeness (QED) is 0.757. The molecule has 2 aromatic carbocycles. The minimum atomic E-state index is -0.146. The first kappa shape index (κ1) is 17.7. The van der Waals surface area contributed by atoms with Crippen molar-refractivity contribution in [2.24, 2.45) is 0 Å². The van der Waals surface area contributed by atoms with Crippen molar-refractivity contribution in [1.29, 1.82) is 0 Å². The van der Waals surface area contributed by atoms with Gasteiger partial charge in [-0.25, -0.2) is 9.48 Å². The molecule has 0 aliphatic carbocycles. The second-order valence-electron chi connectivity index (χ2n) is 6.51. The van der Waals surface area contributed by atoms with Crippen molar-refractivity contribution < 1.29 is 4.79 Å². The summed E-state index contributed by atoms with van der Waals surface area (Å²) in [6, 6.07) is 17.9. The number of anilines is 1.